The average Bonchev–Trinajstić information content (AvgIpc) is 3.76. The van der Waals surface area contributed by atoms with Crippen LogP contribution >= 0.6 is 0 Å². The lowest BCUT2D eigenvalue weighted by Crippen LogP contribution is -2.44. The number of amides is 1. The van der Waals surface area contributed by atoms with Gasteiger partial charge in [0.1, 0.15) is 17.1 Å². The lowest BCUT2D eigenvalue weighted by molar-refractivity contribution is -0.0940. The molecule has 1 amide bonds. The number of benzene rings is 1. The first-order chi connectivity index (χ1) is 19.0. The van der Waals surface area contributed by atoms with Crippen LogP contribution in [0, 0.1) is 11.8 Å². The Labute approximate surface area is 228 Å². The Balaban J connectivity index is 1.19. The van der Waals surface area contributed by atoms with Gasteiger partial charge in [0.2, 0.25) is 0 Å². The molecule has 3 aromatic rings. The zero-order valence-electron chi connectivity index (χ0n) is 22.4. The van der Waals surface area contributed by atoms with Crippen molar-refractivity contribution in [3.05, 3.63) is 53.1 Å². The molecule has 202 valence electrons. The molecule has 0 radical (unpaired) electrons. The first-order valence-corrected chi connectivity index (χ1v) is 14.5. The molecule has 5 aliphatic rings. The molecule has 3 atom stereocenters. The minimum atomic E-state index is 0.0324. The monoisotopic (exact) mass is 525 g/mol. The molecule has 8 rings (SSSR count). The van der Waals surface area contributed by atoms with E-state index in [2.05, 4.69) is 21.7 Å². The van der Waals surface area contributed by atoms with Crippen molar-refractivity contribution in [3.8, 4) is 5.75 Å². The van der Waals surface area contributed by atoms with Crippen molar-refractivity contribution < 1.29 is 14.3 Å². The van der Waals surface area contributed by atoms with Gasteiger partial charge in [0, 0.05) is 55.5 Å². The summed E-state index contributed by atoms with van der Waals surface area (Å²) in [4.78, 5) is 25.5. The summed E-state index contributed by atoms with van der Waals surface area (Å²) in [5.74, 6) is 2.61. The number of carbonyl (C=O) groups excluding carboxylic acids is 1. The summed E-state index contributed by atoms with van der Waals surface area (Å²) < 4.78 is 14.4. The number of rotatable bonds is 5. The number of nitrogens with two attached hydrogens (primary N) is 1. The highest BCUT2D eigenvalue weighted by Gasteiger charge is 2.48. The van der Waals surface area contributed by atoms with E-state index in [4.69, 9.17) is 20.2 Å². The average molecular weight is 526 g/mol. The Morgan fingerprint density at radius 3 is 2.90 bits per heavy atom. The molecule has 8 nitrogen and oxygen atoms in total. The number of allylic oxidation sites excluding steroid dienone is 1. The molecule has 2 bridgehead atoms. The van der Waals surface area contributed by atoms with Gasteiger partial charge in [-0.2, -0.15) is 0 Å². The molecule has 3 aliphatic carbocycles. The third kappa shape index (κ3) is 3.61. The summed E-state index contributed by atoms with van der Waals surface area (Å²) in [6.07, 6.45) is 11.4. The number of likely N-dealkylation sites (tertiary alicyclic amines) is 1. The molecular weight excluding hydrogens is 490 g/mol. The van der Waals surface area contributed by atoms with Crippen LogP contribution in [0.3, 0.4) is 0 Å². The fourth-order valence-corrected chi connectivity index (χ4v) is 8.13. The summed E-state index contributed by atoms with van der Waals surface area (Å²) in [7, 11) is 1.69. The van der Waals surface area contributed by atoms with E-state index in [1.165, 1.54) is 6.42 Å². The molecular formula is C31H35N5O3. The number of aromatic nitrogens is 3. The maximum atomic E-state index is 13.7. The van der Waals surface area contributed by atoms with Crippen molar-refractivity contribution in [2.75, 3.05) is 20.3 Å². The summed E-state index contributed by atoms with van der Waals surface area (Å²) in [6, 6.07) is 8.18. The van der Waals surface area contributed by atoms with Crippen molar-refractivity contribution in [1.82, 2.24) is 19.4 Å². The van der Waals surface area contributed by atoms with Crippen molar-refractivity contribution in [3.63, 3.8) is 0 Å². The fourth-order valence-electron chi connectivity index (χ4n) is 8.13. The van der Waals surface area contributed by atoms with Gasteiger partial charge in [0.15, 0.2) is 0 Å². The van der Waals surface area contributed by atoms with Gasteiger partial charge in [0.05, 0.1) is 23.9 Å². The lowest BCUT2D eigenvalue weighted by Gasteiger charge is -2.44. The third-order valence-electron chi connectivity index (χ3n) is 10.0. The zero-order chi connectivity index (χ0) is 26.3. The number of ether oxygens (including phenoxy) is 2. The maximum Gasteiger partial charge on any atom is 0.254 e. The molecule has 1 spiro atoms. The Hall–Kier alpha value is -3.23. The van der Waals surface area contributed by atoms with Crippen LogP contribution < -0.4 is 10.5 Å². The van der Waals surface area contributed by atoms with E-state index in [0.717, 1.165) is 91.9 Å². The maximum absolute atomic E-state index is 13.7. The molecule has 0 unspecified atom stereocenters. The lowest BCUT2D eigenvalue weighted by atomic mass is 9.69. The Bertz CT molecular complexity index is 1510. The number of hydrogen-bond donors (Lipinski definition) is 1. The highest BCUT2D eigenvalue weighted by Crippen LogP contribution is 2.49. The van der Waals surface area contributed by atoms with Crippen LogP contribution in [0.15, 0.2) is 30.5 Å². The summed E-state index contributed by atoms with van der Waals surface area (Å²) in [6.45, 7) is 2.49. The van der Waals surface area contributed by atoms with Crippen molar-refractivity contribution >= 4 is 28.6 Å². The Kier molecular flexibility index (Phi) is 5.23. The minimum absolute atomic E-state index is 0.0324. The van der Waals surface area contributed by atoms with Crippen LogP contribution in [0.1, 0.15) is 66.0 Å². The number of methoxy groups -OCH3 is 1. The quantitative estimate of drug-likeness (QED) is 0.540. The van der Waals surface area contributed by atoms with Gasteiger partial charge >= 0.3 is 0 Å². The number of nitrogens with zero attached hydrogens (tertiary/aromatic N) is 4. The largest absolute Gasteiger partial charge is 0.494 e. The van der Waals surface area contributed by atoms with Gasteiger partial charge in [-0.15, -0.1) is 0 Å². The molecule has 2 saturated heterocycles. The van der Waals surface area contributed by atoms with Crippen LogP contribution in [0.2, 0.25) is 0 Å². The van der Waals surface area contributed by atoms with E-state index in [9.17, 15) is 4.79 Å². The Morgan fingerprint density at radius 1 is 1.28 bits per heavy atom. The van der Waals surface area contributed by atoms with Crippen LogP contribution in [-0.4, -0.2) is 63.3 Å². The van der Waals surface area contributed by atoms with Gasteiger partial charge in [-0.3, -0.25) is 9.78 Å². The summed E-state index contributed by atoms with van der Waals surface area (Å²) in [5, 5.41) is 0. The molecule has 4 fully saturated rings. The van der Waals surface area contributed by atoms with Crippen LogP contribution in [0.4, 0.5) is 0 Å². The normalized spacial score (nSPS) is 30.7. The highest BCUT2D eigenvalue weighted by atomic mass is 16.5. The van der Waals surface area contributed by atoms with Crippen molar-refractivity contribution in [1.29, 1.82) is 0 Å². The molecule has 2 aromatic heterocycles. The van der Waals surface area contributed by atoms with E-state index in [1.54, 1.807) is 7.11 Å². The number of piperidine rings is 1. The molecule has 2 aliphatic heterocycles. The topological polar surface area (TPSA) is 95.5 Å². The second-order valence-corrected chi connectivity index (χ2v) is 12.3. The number of pyridine rings is 1. The van der Waals surface area contributed by atoms with Crippen molar-refractivity contribution in [2.24, 2.45) is 17.6 Å². The van der Waals surface area contributed by atoms with Gasteiger partial charge in [0.25, 0.3) is 5.91 Å². The van der Waals surface area contributed by atoms with E-state index in [0.29, 0.717) is 23.1 Å². The van der Waals surface area contributed by atoms with Crippen molar-refractivity contribution in [2.45, 2.75) is 69.2 Å². The number of fused-ring (bicyclic) bond motifs is 4. The van der Waals surface area contributed by atoms with Crippen LogP contribution in [0.5, 0.6) is 5.75 Å². The second-order valence-electron chi connectivity index (χ2n) is 12.3. The SMILES string of the molecule is COc1cc(C(=O)N2C[C@H]3CC[C@@H]2[C@@H]3N)cc2nc(C3=Cc4cccnc4C3)n(CC3CC4(CCCO4)C3)c12. The van der Waals surface area contributed by atoms with Gasteiger partial charge in [-0.05, 0) is 80.2 Å². The van der Waals surface area contributed by atoms with Gasteiger partial charge in [-0.25, -0.2) is 4.98 Å². The first-order valence-electron chi connectivity index (χ1n) is 14.5. The van der Waals surface area contributed by atoms with Gasteiger partial charge in [-0.1, -0.05) is 6.07 Å². The zero-order valence-corrected chi connectivity index (χ0v) is 22.4. The standard InChI is InChI=1S/C31H35N5O3/c1-38-26-13-22(30(37)35-17-20-5-6-25(35)27(20)32)12-24-28(26)36(16-18-14-31(15-18)7-3-9-39-31)29(34-24)21-10-19-4-2-8-33-23(19)11-21/h2,4,8,10,12-13,18,20,25,27H,3,5-7,9,11,14-17,32H2,1H3/t18?,20-,25-,27-,31?/m1/s1. The van der Waals surface area contributed by atoms with E-state index >= 15 is 0 Å². The first kappa shape index (κ1) is 23.6. The van der Waals surface area contributed by atoms with E-state index < -0.39 is 0 Å². The predicted molar refractivity (Wildman–Crippen MR) is 148 cm³/mol. The fraction of sp³-hybridized carbons (Fsp3) is 0.516. The molecule has 1 aromatic carbocycles. The molecule has 4 heterocycles. The Morgan fingerprint density at radius 2 is 2.18 bits per heavy atom. The van der Waals surface area contributed by atoms with E-state index in [-0.39, 0.29) is 23.6 Å². The molecule has 2 saturated carbocycles. The third-order valence-corrected chi connectivity index (χ3v) is 10.0. The van der Waals surface area contributed by atoms with Crippen LogP contribution in [-0.2, 0) is 17.7 Å². The molecule has 8 heteroatoms. The predicted octanol–water partition coefficient (Wildman–Crippen LogP) is 4.06. The second kappa shape index (κ2) is 8.63. The number of hydrogen-bond acceptors (Lipinski definition) is 6. The van der Waals surface area contributed by atoms with Gasteiger partial charge < -0.3 is 24.7 Å². The summed E-state index contributed by atoms with van der Waals surface area (Å²) >= 11 is 0. The van der Waals surface area contributed by atoms with Crippen LogP contribution in [0.25, 0.3) is 22.7 Å². The number of imidazole rings is 1. The molecule has 2 N–H and O–H groups in total. The highest BCUT2D eigenvalue weighted by molar-refractivity contribution is 6.00. The molecule has 39 heavy (non-hydrogen) atoms. The number of carbonyl (C=O) groups is 1. The smallest absolute Gasteiger partial charge is 0.254 e. The van der Waals surface area contributed by atoms with E-state index in [1.807, 2.05) is 29.3 Å². The summed E-state index contributed by atoms with van der Waals surface area (Å²) in [5.41, 5.74) is 12.3. The minimum Gasteiger partial charge on any atom is -0.494 e.